The zero-order valence-electron chi connectivity index (χ0n) is 10.3. The van der Waals surface area contributed by atoms with Crippen LogP contribution in [0.2, 0.25) is 5.02 Å². The van der Waals surface area contributed by atoms with Gasteiger partial charge in [0.15, 0.2) is 0 Å². The van der Waals surface area contributed by atoms with Gasteiger partial charge in [-0.15, -0.1) is 0 Å². The second kappa shape index (κ2) is 5.90. The number of carbonyl (C=O) groups excluding carboxylic acids is 2. The van der Waals surface area contributed by atoms with Crippen molar-refractivity contribution in [3.05, 3.63) is 23.2 Å². The Bertz CT molecular complexity index is 507. The molecule has 0 radical (unpaired) electrons. The number of halogens is 1. The second-order valence-corrected chi connectivity index (χ2v) is 4.76. The molecular formula is C12H15ClN4O2. The van der Waals surface area contributed by atoms with Gasteiger partial charge in [0.25, 0.3) is 0 Å². The summed E-state index contributed by atoms with van der Waals surface area (Å²) in [6.07, 6.45) is 0. The summed E-state index contributed by atoms with van der Waals surface area (Å²) >= 11 is 5.97. The van der Waals surface area contributed by atoms with Crippen LogP contribution in [0.5, 0.6) is 0 Å². The molecule has 6 nitrogen and oxygen atoms in total. The van der Waals surface area contributed by atoms with Gasteiger partial charge in [-0.1, -0.05) is 11.6 Å². The number of hydrogen-bond acceptors (Lipinski definition) is 4. The average molecular weight is 283 g/mol. The molecule has 0 spiro atoms. The molecule has 7 heteroatoms. The van der Waals surface area contributed by atoms with Crippen LogP contribution in [-0.4, -0.2) is 42.9 Å². The molecule has 1 aliphatic heterocycles. The molecule has 1 aromatic rings. The fourth-order valence-electron chi connectivity index (χ4n) is 1.85. The van der Waals surface area contributed by atoms with E-state index in [-0.39, 0.29) is 24.9 Å². The van der Waals surface area contributed by atoms with E-state index in [9.17, 15) is 9.59 Å². The first-order valence-electron chi connectivity index (χ1n) is 5.88. The quantitative estimate of drug-likeness (QED) is 0.696. The molecule has 4 N–H and O–H groups in total. The van der Waals surface area contributed by atoms with Gasteiger partial charge in [0.2, 0.25) is 11.8 Å². The van der Waals surface area contributed by atoms with E-state index in [0.29, 0.717) is 29.5 Å². The zero-order valence-corrected chi connectivity index (χ0v) is 11.0. The molecule has 102 valence electrons. The Kier molecular flexibility index (Phi) is 4.24. The van der Waals surface area contributed by atoms with Crippen molar-refractivity contribution in [3.8, 4) is 0 Å². The van der Waals surface area contributed by atoms with Crippen LogP contribution in [-0.2, 0) is 9.59 Å². The maximum atomic E-state index is 11.9. The summed E-state index contributed by atoms with van der Waals surface area (Å²) in [5.74, 6) is -0.272. The molecule has 1 saturated heterocycles. The summed E-state index contributed by atoms with van der Waals surface area (Å²) in [4.78, 5) is 24.8. The van der Waals surface area contributed by atoms with Crippen LogP contribution in [0.1, 0.15) is 0 Å². The predicted octanol–water partition coefficient (Wildman–Crippen LogP) is 0.293. The number of nitrogen functional groups attached to an aromatic ring is 1. The van der Waals surface area contributed by atoms with E-state index in [1.165, 1.54) is 0 Å². The Morgan fingerprint density at radius 1 is 1.53 bits per heavy atom. The Balaban J connectivity index is 1.92. The van der Waals surface area contributed by atoms with Gasteiger partial charge >= 0.3 is 0 Å². The molecule has 1 aliphatic rings. The van der Waals surface area contributed by atoms with E-state index in [1.54, 1.807) is 23.1 Å². The number of carbonyl (C=O) groups is 2. The minimum absolute atomic E-state index is 0.0652. The number of nitrogens with zero attached hydrogens (tertiary/aromatic N) is 1. The molecule has 1 heterocycles. The molecule has 0 atom stereocenters. The number of nitrogens with one attached hydrogen (secondary N) is 2. The first kappa shape index (κ1) is 13.6. The summed E-state index contributed by atoms with van der Waals surface area (Å²) in [6, 6.07) is 4.89. The Morgan fingerprint density at radius 2 is 2.32 bits per heavy atom. The molecule has 2 amide bonds. The number of benzene rings is 1. The van der Waals surface area contributed by atoms with Crippen LogP contribution in [0.4, 0.5) is 11.4 Å². The van der Waals surface area contributed by atoms with Gasteiger partial charge in [-0.2, -0.15) is 0 Å². The second-order valence-electron chi connectivity index (χ2n) is 4.35. The molecule has 2 rings (SSSR count). The summed E-state index contributed by atoms with van der Waals surface area (Å²) in [7, 11) is 0. The van der Waals surface area contributed by atoms with Gasteiger partial charge in [0.1, 0.15) is 0 Å². The third-order valence-corrected chi connectivity index (χ3v) is 3.06. The van der Waals surface area contributed by atoms with Crippen molar-refractivity contribution in [1.82, 2.24) is 10.2 Å². The maximum absolute atomic E-state index is 11.9. The average Bonchev–Trinajstić information content (AvgIpc) is 2.33. The minimum atomic E-state index is -0.207. The lowest BCUT2D eigenvalue weighted by atomic mass is 10.2. The van der Waals surface area contributed by atoms with Gasteiger partial charge in [-0.25, -0.2) is 0 Å². The minimum Gasteiger partial charge on any atom is -0.399 e. The van der Waals surface area contributed by atoms with E-state index in [2.05, 4.69) is 10.6 Å². The highest BCUT2D eigenvalue weighted by Gasteiger charge is 2.18. The summed E-state index contributed by atoms with van der Waals surface area (Å²) in [5.41, 5.74) is 6.63. The van der Waals surface area contributed by atoms with Gasteiger partial charge in [-0.05, 0) is 18.2 Å². The number of rotatable bonds is 3. The molecule has 0 aliphatic carbocycles. The van der Waals surface area contributed by atoms with Crippen LogP contribution in [0.3, 0.4) is 0 Å². The fourth-order valence-corrected chi connectivity index (χ4v) is 2.09. The molecule has 19 heavy (non-hydrogen) atoms. The number of amides is 2. The van der Waals surface area contributed by atoms with Crippen molar-refractivity contribution >= 4 is 34.8 Å². The van der Waals surface area contributed by atoms with Crippen molar-refractivity contribution in [2.75, 3.05) is 37.2 Å². The van der Waals surface area contributed by atoms with E-state index < -0.39 is 0 Å². The smallest absolute Gasteiger partial charge is 0.238 e. The van der Waals surface area contributed by atoms with Gasteiger partial charge in [0, 0.05) is 18.8 Å². The van der Waals surface area contributed by atoms with Crippen LogP contribution >= 0.6 is 11.6 Å². The highest BCUT2D eigenvalue weighted by atomic mass is 35.5. The standard InChI is InChI=1S/C12H15ClN4O2/c13-9-5-8(14)1-2-10(9)16-12(19)7-17-4-3-15-11(18)6-17/h1-2,5H,3-4,6-7,14H2,(H,15,18)(H,16,19). The van der Waals surface area contributed by atoms with Crippen molar-refractivity contribution in [2.24, 2.45) is 0 Å². The number of piperazine rings is 1. The fraction of sp³-hybridized carbons (Fsp3) is 0.333. The maximum Gasteiger partial charge on any atom is 0.238 e. The van der Waals surface area contributed by atoms with Crippen molar-refractivity contribution in [2.45, 2.75) is 0 Å². The van der Waals surface area contributed by atoms with Crippen LogP contribution in [0.25, 0.3) is 0 Å². The SMILES string of the molecule is Nc1ccc(NC(=O)CN2CCNC(=O)C2)c(Cl)c1. The first-order valence-corrected chi connectivity index (χ1v) is 6.26. The Hall–Kier alpha value is -1.79. The monoisotopic (exact) mass is 282 g/mol. The van der Waals surface area contributed by atoms with E-state index >= 15 is 0 Å². The molecule has 0 bridgehead atoms. The van der Waals surface area contributed by atoms with Crippen molar-refractivity contribution < 1.29 is 9.59 Å². The molecular weight excluding hydrogens is 268 g/mol. The third-order valence-electron chi connectivity index (χ3n) is 2.75. The third kappa shape index (κ3) is 3.84. The van der Waals surface area contributed by atoms with Gasteiger partial charge in [0.05, 0.1) is 23.8 Å². The number of nitrogens with two attached hydrogens (primary N) is 1. The Labute approximate surface area is 115 Å². The van der Waals surface area contributed by atoms with Crippen LogP contribution < -0.4 is 16.4 Å². The molecule has 0 unspecified atom stereocenters. The van der Waals surface area contributed by atoms with Gasteiger partial charge in [-0.3, -0.25) is 14.5 Å². The van der Waals surface area contributed by atoms with Gasteiger partial charge < -0.3 is 16.4 Å². The number of anilines is 2. The predicted molar refractivity (Wildman–Crippen MR) is 73.9 cm³/mol. The van der Waals surface area contributed by atoms with Crippen molar-refractivity contribution in [3.63, 3.8) is 0 Å². The highest BCUT2D eigenvalue weighted by Crippen LogP contribution is 2.23. The molecule has 0 saturated carbocycles. The van der Waals surface area contributed by atoms with E-state index in [1.807, 2.05) is 0 Å². The number of hydrogen-bond donors (Lipinski definition) is 3. The summed E-state index contributed by atoms with van der Waals surface area (Å²) in [6.45, 7) is 1.63. The van der Waals surface area contributed by atoms with Crippen molar-refractivity contribution in [1.29, 1.82) is 0 Å². The molecule has 1 aromatic carbocycles. The Morgan fingerprint density at radius 3 is 3.00 bits per heavy atom. The lowest BCUT2D eigenvalue weighted by Crippen LogP contribution is -2.49. The van der Waals surface area contributed by atoms with E-state index in [4.69, 9.17) is 17.3 Å². The molecule has 1 fully saturated rings. The topological polar surface area (TPSA) is 87.5 Å². The zero-order chi connectivity index (χ0) is 13.8. The molecule has 0 aromatic heterocycles. The lowest BCUT2D eigenvalue weighted by Gasteiger charge is -2.25. The van der Waals surface area contributed by atoms with E-state index in [0.717, 1.165) is 0 Å². The highest BCUT2D eigenvalue weighted by molar-refractivity contribution is 6.34. The summed E-state index contributed by atoms with van der Waals surface area (Å²) < 4.78 is 0. The first-order chi connectivity index (χ1) is 9.04. The normalized spacial score (nSPS) is 15.9. The van der Waals surface area contributed by atoms with Crippen LogP contribution in [0.15, 0.2) is 18.2 Å². The summed E-state index contributed by atoms with van der Waals surface area (Å²) in [5, 5.41) is 5.80. The lowest BCUT2D eigenvalue weighted by molar-refractivity contribution is -0.125. The van der Waals surface area contributed by atoms with Crippen LogP contribution in [0, 0.1) is 0 Å². The largest absolute Gasteiger partial charge is 0.399 e.